The molecule has 0 radical (unpaired) electrons. The SMILES string of the molecule is Cc1ccc2c(c1)CCC(c1ccccc1)=C2c1ccc(OCCN2CCCC2)cc1.Cl. The lowest BCUT2D eigenvalue weighted by Gasteiger charge is -2.25. The van der Waals surface area contributed by atoms with Crippen molar-refractivity contribution in [3.63, 3.8) is 0 Å². The fourth-order valence-corrected chi connectivity index (χ4v) is 4.99. The molecule has 0 atom stereocenters. The summed E-state index contributed by atoms with van der Waals surface area (Å²) in [7, 11) is 0. The first-order valence-corrected chi connectivity index (χ1v) is 11.6. The van der Waals surface area contributed by atoms with Gasteiger partial charge in [0.15, 0.2) is 0 Å². The van der Waals surface area contributed by atoms with Gasteiger partial charge in [-0.1, -0.05) is 66.2 Å². The van der Waals surface area contributed by atoms with E-state index >= 15 is 0 Å². The second kappa shape index (κ2) is 10.4. The lowest BCUT2D eigenvalue weighted by atomic mass is 9.79. The Bertz CT molecular complexity index is 1070. The number of benzene rings is 3. The molecule has 32 heavy (non-hydrogen) atoms. The molecule has 0 unspecified atom stereocenters. The normalized spacial score (nSPS) is 15.9. The molecule has 0 saturated carbocycles. The summed E-state index contributed by atoms with van der Waals surface area (Å²) in [4.78, 5) is 2.49. The van der Waals surface area contributed by atoms with Crippen molar-refractivity contribution < 1.29 is 4.74 Å². The number of ether oxygens (including phenoxy) is 1. The topological polar surface area (TPSA) is 12.5 Å². The van der Waals surface area contributed by atoms with Crippen LogP contribution in [0.15, 0.2) is 72.8 Å². The molecule has 5 rings (SSSR count). The van der Waals surface area contributed by atoms with Crippen LogP contribution in [0.1, 0.15) is 47.1 Å². The van der Waals surface area contributed by atoms with Gasteiger partial charge in [-0.15, -0.1) is 12.4 Å². The Kier molecular flexibility index (Phi) is 7.34. The maximum Gasteiger partial charge on any atom is 0.119 e. The number of halogens is 1. The van der Waals surface area contributed by atoms with Crippen molar-refractivity contribution in [2.75, 3.05) is 26.2 Å². The van der Waals surface area contributed by atoms with E-state index in [0.717, 1.165) is 31.7 Å². The second-order valence-electron chi connectivity index (χ2n) is 8.80. The van der Waals surface area contributed by atoms with Crippen LogP contribution in [0.4, 0.5) is 0 Å². The van der Waals surface area contributed by atoms with Gasteiger partial charge in [-0.3, -0.25) is 4.90 Å². The van der Waals surface area contributed by atoms with Crippen LogP contribution in [0.5, 0.6) is 5.75 Å². The number of aryl methyl sites for hydroxylation is 2. The Morgan fingerprint density at radius 3 is 2.31 bits per heavy atom. The van der Waals surface area contributed by atoms with Crippen LogP contribution >= 0.6 is 12.4 Å². The van der Waals surface area contributed by atoms with E-state index in [2.05, 4.69) is 84.6 Å². The van der Waals surface area contributed by atoms with E-state index in [4.69, 9.17) is 4.74 Å². The first kappa shape index (κ1) is 22.6. The molecule has 0 N–H and O–H groups in total. The molecule has 1 fully saturated rings. The molecule has 3 aromatic rings. The predicted molar refractivity (Wildman–Crippen MR) is 137 cm³/mol. The summed E-state index contributed by atoms with van der Waals surface area (Å²) in [5, 5.41) is 0. The number of nitrogens with zero attached hydrogens (tertiary/aromatic N) is 1. The van der Waals surface area contributed by atoms with Gasteiger partial charge in [-0.05, 0) is 91.2 Å². The zero-order valence-corrected chi connectivity index (χ0v) is 19.7. The average molecular weight is 446 g/mol. The molecular formula is C29H32ClNO. The van der Waals surface area contributed by atoms with Crippen LogP contribution in [0.2, 0.25) is 0 Å². The van der Waals surface area contributed by atoms with Gasteiger partial charge in [0.05, 0.1) is 0 Å². The molecule has 1 aliphatic carbocycles. The number of hydrogen-bond acceptors (Lipinski definition) is 2. The highest BCUT2D eigenvalue weighted by molar-refractivity contribution is 6.00. The molecule has 3 aromatic carbocycles. The molecule has 0 aromatic heterocycles. The van der Waals surface area contributed by atoms with Gasteiger partial charge in [0.2, 0.25) is 0 Å². The van der Waals surface area contributed by atoms with Crippen molar-refractivity contribution >= 4 is 23.6 Å². The van der Waals surface area contributed by atoms with Gasteiger partial charge in [0.25, 0.3) is 0 Å². The molecule has 2 aliphatic rings. The van der Waals surface area contributed by atoms with E-state index < -0.39 is 0 Å². The Hall–Kier alpha value is -2.55. The lowest BCUT2D eigenvalue weighted by molar-refractivity contribution is 0.238. The summed E-state index contributed by atoms with van der Waals surface area (Å²) in [5.74, 6) is 0.963. The Balaban J connectivity index is 0.00000245. The monoisotopic (exact) mass is 445 g/mol. The maximum absolute atomic E-state index is 6.05. The number of likely N-dealkylation sites (tertiary alicyclic amines) is 1. The van der Waals surface area contributed by atoms with E-state index in [0.29, 0.717) is 0 Å². The van der Waals surface area contributed by atoms with Crippen molar-refractivity contribution in [1.29, 1.82) is 0 Å². The molecule has 166 valence electrons. The Labute approximate surface area is 198 Å². The van der Waals surface area contributed by atoms with E-state index in [9.17, 15) is 0 Å². The summed E-state index contributed by atoms with van der Waals surface area (Å²) in [6.45, 7) is 6.41. The second-order valence-corrected chi connectivity index (χ2v) is 8.80. The van der Waals surface area contributed by atoms with Gasteiger partial charge in [0, 0.05) is 6.54 Å². The largest absolute Gasteiger partial charge is 0.492 e. The third-order valence-electron chi connectivity index (χ3n) is 6.62. The number of hydrogen-bond donors (Lipinski definition) is 0. The fourth-order valence-electron chi connectivity index (χ4n) is 4.99. The molecule has 3 heteroatoms. The maximum atomic E-state index is 6.05. The summed E-state index contributed by atoms with van der Waals surface area (Å²) in [5.41, 5.74) is 9.59. The predicted octanol–water partition coefficient (Wildman–Crippen LogP) is 6.80. The van der Waals surface area contributed by atoms with E-state index in [1.165, 1.54) is 64.9 Å². The molecule has 0 amide bonds. The standard InChI is InChI=1S/C29H31NO.ClH/c1-22-9-15-28-25(21-22)12-16-27(23-7-3-2-4-8-23)29(28)24-10-13-26(14-11-24)31-20-19-30-17-5-6-18-30;/h2-4,7-11,13-15,21H,5-6,12,16-20H2,1H3;1H. The first-order valence-electron chi connectivity index (χ1n) is 11.6. The quantitative estimate of drug-likeness (QED) is 0.413. The van der Waals surface area contributed by atoms with Crippen molar-refractivity contribution in [3.05, 3.63) is 101 Å². The molecule has 0 spiro atoms. The highest BCUT2D eigenvalue weighted by Gasteiger charge is 2.21. The van der Waals surface area contributed by atoms with Crippen LogP contribution < -0.4 is 4.74 Å². The van der Waals surface area contributed by atoms with Crippen LogP contribution in [0, 0.1) is 6.92 Å². The Morgan fingerprint density at radius 2 is 1.56 bits per heavy atom. The highest BCUT2D eigenvalue weighted by atomic mass is 35.5. The zero-order valence-electron chi connectivity index (χ0n) is 18.8. The van der Waals surface area contributed by atoms with Crippen molar-refractivity contribution in [1.82, 2.24) is 4.90 Å². The van der Waals surface area contributed by atoms with E-state index in [1.807, 2.05) is 0 Å². The highest BCUT2D eigenvalue weighted by Crippen LogP contribution is 2.41. The van der Waals surface area contributed by atoms with E-state index in [-0.39, 0.29) is 12.4 Å². The lowest BCUT2D eigenvalue weighted by Crippen LogP contribution is -2.25. The van der Waals surface area contributed by atoms with Crippen LogP contribution in [-0.2, 0) is 6.42 Å². The van der Waals surface area contributed by atoms with Crippen LogP contribution in [0.3, 0.4) is 0 Å². The summed E-state index contributed by atoms with van der Waals surface area (Å²) in [6, 6.07) is 26.5. The first-order chi connectivity index (χ1) is 15.3. The van der Waals surface area contributed by atoms with Gasteiger partial charge < -0.3 is 4.74 Å². The minimum Gasteiger partial charge on any atom is -0.492 e. The minimum absolute atomic E-state index is 0. The van der Waals surface area contributed by atoms with Crippen molar-refractivity contribution in [2.45, 2.75) is 32.6 Å². The number of fused-ring (bicyclic) bond motifs is 1. The van der Waals surface area contributed by atoms with Gasteiger partial charge >= 0.3 is 0 Å². The number of allylic oxidation sites excluding steroid dienone is 1. The van der Waals surface area contributed by atoms with Crippen LogP contribution in [-0.4, -0.2) is 31.1 Å². The fraction of sp³-hybridized carbons (Fsp3) is 0.310. The third kappa shape index (κ3) is 4.92. The van der Waals surface area contributed by atoms with Gasteiger partial charge in [0.1, 0.15) is 12.4 Å². The molecular weight excluding hydrogens is 414 g/mol. The average Bonchev–Trinajstić information content (AvgIpc) is 3.33. The van der Waals surface area contributed by atoms with Gasteiger partial charge in [-0.25, -0.2) is 0 Å². The molecule has 1 heterocycles. The zero-order chi connectivity index (χ0) is 21.0. The third-order valence-corrected chi connectivity index (χ3v) is 6.62. The summed E-state index contributed by atoms with van der Waals surface area (Å²) >= 11 is 0. The van der Waals surface area contributed by atoms with Gasteiger partial charge in [-0.2, -0.15) is 0 Å². The molecule has 2 nitrogen and oxygen atoms in total. The smallest absolute Gasteiger partial charge is 0.119 e. The van der Waals surface area contributed by atoms with Crippen LogP contribution in [0.25, 0.3) is 11.1 Å². The molecule has 0 bridgehead atoms. The molecule has 1 aliphatic heterocycles. The summed E-state index contributed by atoms with van der Waals surface area (Å²) < 4.78 is 6.05. The number of rotatable bonds is 6. The van der Waals surface area contributed by atoms with Crippen molar-refractivity contribution in [2.24, 2.45) is 0 Å². The van der Waals surface area contributed by atoms with E-state index in [1.54, 1.807) is 0 Å². The summed E-state index contributed by atoms with van der Waals surface area (Å²) in [6.07, 6.45) is 4.83. The Morgan fingerprint density at radius 1 is 0.812 bits per heavy atom. The minimum atomic E-state index is 0. The van der Waals surface area contributed by atoms with Crippen molar-refractivity contribution in [3.8, 4) is 5.75 Å². The molecule has 1 saturated heterocycles.